The zero-order valence-corrected chi connectivity index (χ0v) is 13.6. The monoisotopic (exact) mass is 321 g/mol. The third kappa shape index (κ3) is 2.88. The van der Waals surface area contributed by atoms with Crippen LogP contribution in [0.15, 0.2) is 15.4 Å². The third-order valence-electron chi connectivity index (χ3n) is 3.79. The van der Waals surface area contributed by atoms with Crippen LogP contribution in [0.5, 0.6) is 0 Å². The smallest absolute Gasteiger partial charge is 0.246 e. The fourth-order valence-corrected chi connectivity index (χ4v) is 4.43. The van der Waals surface area contributed by atoms with Crippen LogP contribution >= 0.6 is 11.6 Å². The molecule has 1 aromatic heterocycles. The first kappa shape index (κ1) is 15.8. The molecular weight excluding hydrogens is 302 g/mol. The molecule has 1 fully saturated rings. The standard InChI is InChI=1S/C13H20ClNO4S/c1-10-12(7-11(8-14)19-10)20(16,17)15-6-4-5-13(2,9-15)18-3/h7H,4-6,8-9H2,1-3H3. The number of piperidine rings is 1. The Morgan fingerprint density at radius 3 is 2.80 bits per heavy atom. The number of hydrogen-bond acceptors (Lipinski definition) is 4. The van der Waals surface area contributed by atoms with E-state index in [-0.39, 0.29) is 10.8 Å². The highest BCUT2D eigenvalue weighted by Gasteiger charge is 2.38. The minimum Gasteiger partial charge on any atom is -0.464 e. The van der Waals surface area contributed by atoms with Crippen LogP contribution in [0.3, 0.4) is 0 Å². The molecule has 0 amide bonds. The number of sulfonamides is 1. The van der Waals surface area contributed by atoms with Gasteiger partial charge in [0.05, 0.1) is 11.5 Å². The van der Waals surface area contributed by atoms with Crippen LogP contribution < -0.4 is 0 Å². The lowest BCUT2D eigenvalue weighted by atomic mass is 9.96. The number of halogens is 1. The average Bonchev–Trinajstić information content (AvgIpc) is 2.81. The number of aryl methyl sites for hydroxylation is 1. The van der Waals surface area contributed by atoms with Gasteiger partial charge in [0.15, 0.2) is 0 Å². The molecule has 0 saturated carbocycles. The van der Waals surface area contributed by atoms with Gasteiger partial charge < -0.3 is 9.15 Å². The Hall–Kier alpha value is -0.560. The molecule has 20 heavy (non-hydrogen) atoms. The molecule has 0 spiro atoms. The van der Waals surface area contributed by atoms with Crippen molar-refractivity contribution < 1.29 is 17.6 Å². The number of ether oxygens (including phenoxy) is 1. The Morgan fingerprint density at radius 1 is 1.55 bits per heavy atom. The lowest BCUT2D eigenvalue weighted by Gasteiger charge is -2.38. The molecule has 0 N–H and O–H groups in total. The van der Waals surface area contributed by atoms with Crippen LogP contribution in [0.25, 0.3) is 0 Å². The molecule has 1 atom stereocenters. The van der Waals surface area contributed by atoms with Gasteiger partial charge in [0.2, 0.25) is 10.0 Å². The third-order valence-corrected chi connectivity index (χ3v) is 6.01. The molecule has 1 saturated heterocycles. The highest BCUT2D eigenvalue weighted by molar-refractivity contribution is 7.89. The van der Waals surface area contributed by atoms with Crippen LogP contribution in [-0.4, -0.2) is 38.5 Å². The van der Waals surface area contributed by atoms with E-state index >= 15 is 0 Å². The van der Waals surface area contributed by atoms with Crippen LogP contribution in [-0.2, 0) is 20.6 Å². The lowest BCUT2D eigenvalue weighted by Crippen LogP contribution is -2.49. The first-order chi connectivity index (χ1) is 9.32. The highest BCUT2D eigenvalue weighted by atomic mass is 35.5. The lowest BCUT2D eigenvalue weighted by molar-refractivity contribution is -0.0319. The molecule has 1 aromatic rings. The van der Waals surface area contributed by atoms with E-state index in [1.807, 2.05) is 6.92 Å². The Kier molecular flexibility index (Phi) is 4.49. The Labute approximate surface area is 124 Å². The van der Waals surface area contributed by atoms with Gasteiger partial charge in [0.1, 0.15) is 16.4 Å². The maximum absolute atomic E-state index is 12.7. The molecule has 0 aromatic carbocycles. The van der Waals surface area contributed by atoms with Crippen molar-refractivity contribution in [1.29, 1.82) is 0 Å². The summed E-state index contributed by atoms with van der Waals surface area (Å²) in [6, 6.07) is 1.51. The maximum Gasteiger partial charge on any atom is 0.246 e. The maximum atomic E-state index is 12.7. The topological polar surface area (TPSA) is 59.8 Å². The van der Waals surface area contributed by atoms with Crippen LogP contribution in [0, 0.1) is 6.92 Å². The second-order valence-electron chi connectivity index (χ2n) is 5.36. The van der Waals surface area contributed by atoms with Crippen molar-refractivity contribution in [3.05, 3.63) is 17.6 Å². The summed E-state index contributed by atoms with van der Waals surface area (Å²) in [5.74, 6) is 1.01. The quantitative estimate of drug-likeness (QED) is 0.799. The largest absolute Gasteiger partial charge is 0.464 e. The molecule has 0 aliphatic carbocycles. The number of hydrogen-bond donors (Lipinski definition) is 0. The average molecular weight is 322 g/mol. The summed E-state index contributed by atoms with van der Waals surface area (Å²) in [5.41, 5.74) is -0.432. The minimum atomic E-state index is -3.56. The predicted octanol–water partition coefficient (Wildman–Crippen LogP) is 2.52. The summed E-state index contributed by atoms with van der Waals surface area (Å²) in [7, 11) is -1.95. The van der Waals surface area contributed by atoms with Crippen molar-refractivity contribution in [1.82, 2.24) is 4.31 Å². The highest BCUT2D eigenvalue weighted by Crippen LogP contribution is 2.30. The van der Waals surface area contributed by atoms with Gasteiger partial charge in [-0.15, -0.1) is 11.6 Å². The van der Waals surface area contributed by atoms with E-state index in [9.17, 15) is 8.42 Å². The number of furan rings is 1. The van der Waals surface area contributed by atoms with Crippen molar-refractivity contribution >= 4 is 21.6 Å². The van der Waals surface area contributed by atoms with Gasteiger partial charge in [-0.2, -0.15) is 4.31 Å². The molecule has 0 radical (unpaired) electrons. The molecule has 1 aliphatic heterocycles. The summed E-state index contributed by atoms with van der Waals surface area (Å²) in [5, 5.41) is 0. The van der Waals surface area contributed by atoms with E-state index in [2.05, 4.69) is 0 Å². The minimum absolute atomic E-state index is 0.159. The zero-order chi connectivity index (χ0) is 15.0. The van der Waals surface area contributed by atoms with Gasteiger partial charge in [-0.25, -0.2) is 8.42 Å². The van der Waals surface area contributed by atoms with E-state index in [0.29, 0.717) is 24.6 Å². The number of alkyl halides is 1. The number of rotatable bonds is 4. The predicted molar refractivity (Wildman–Crippen MR) is 76.4 cm³/mol. The molecule has 2 rings (SSSR count). The van der Waals surface area contributed by atoms with Gasteiger partial charge in [0, 0.05) is 26.3 Å². The van der Waals surface area contributed by atoms with Crippen LogP contribution in [0.1, 0.15) is 31.3 Å². The van der Waals surface area contributed by atoms with Crippen LogP contribution in [0.4, 0.5) is 0 Å². The second kappa shape index (κ2) is 5.67. The summed E-state index contributed by atoms with van der Waals surface area (Å²) in [4.78, 5) is 0.202. The van der Waals surface area contributed by atoms with Crippen molar-refractivity contribution in [2.45, 2.75) is 43.1 Å². The van der Waals surface area contributed by atoms with Crippen LogP contribution in [0.2, 0.25) is 0 Å². The van der Waals surface area contributed by atoms with Crippen molar-refractivity contribution in [3.8, 4) is 0 Å². The van der Waals surface area contributed by atoms with Gasteiger partial charge in [-0.1, -0.05) is 0 Å². The summed E-state index contributed by atoms with van der Waals surface area (Å²) in [6.07, 6.45) is 1.63. The normalized spacial score (nSPS) is 25.0. The SMILES string of the molecule is COC1(C)CCCN(S(=O)(=O)c2cc(CCl)oc2C)C1. The van der Waals surface area contributed by atoms with E-state index < -0.39 is 15.6 Å². The van der Waals surface area contributed by atoms with Gasteiger partial charge in [-0.3, -0.25) is 0 Å². The van der Waals surface area contributed by atoms with Crippen molar-refractivity contribution in [2.75, 3.05) is 20.2 Å². The Balaban J connectivity index is 2.32. The molecule has 2 heterocycles. The summed E-state index contributed by atoms with van der Waals surface area (Å²) < 4.78 is 37.7. The summed E-state index contributed by atoms with van der Waals surface area (Å²) in [6.45, 7) is 4.43. The molecule has 1 aliphatic rings. The molecule has 114 valence electrons. The first-order valence-electron chi connectivity index (χ1n) is 6.53. The van der Waals surface area contributed by atoms with E-state index in [4.69, 9.17) is 20.8 Å². The Bertz CT molecular complexity index is 583. The van der Waals surface area contributed by atoms with Gasteiger partial charge in [0.25, 0.3) is 0 Å². The second-order valence-corrected chi connectivity index (χ2v) is 7.54. The number of nitrogens with zero attached hydrogens (tertiary/aromatic N) is 1. The van der Waals surface area contributed by atoms with E-state index in [1.54, 1.807) is 14.0 Å². The summed E-state index contributed by atoms with van der Waals surface area (Å²) >= 11 is 5.69. The molecule has 5 nitrogen and oxygen atoms in total. The molecule has 1 unspecified atom stereocenters. The van der Waals surface area contributed by atoms with Gasteiger partial charge >= 0.3 is 0 Å². The molecule has 0 bridgehead atoms. The number of methoxy groups -OCH3 is 1. The fraction of sp³-hybridized carbons (Fsp3) is 0.692. The first-order valence-corrected chi connectivity index (χ1v) is 8.50. The van der Waals surface area contributed by atoms with E-state index in [1.165, 1.54) is 10.4 Å². The fourth-order valence-electron chi connectivity index (χ4n) is 2.52. The van der Waals surface area contributed by atoms with Crippen molar-refractivity contribution in [2.24, 2.45) is 0 Å². The Morgan fingerprint density at radius 2 is 2.25 bits per heavy atom. The van der Waals surface area contributed by atoms with Gasteiger partial charge in [-0.05, 0) is 26.7 Å². The zero-order valence-electron chi connectivity index (χ0n) is 12.0. The van der Waals surface area contributed by atoms with E-state index in [0.717, 1.165) is 12.8 Å². The molecular formula is C13H20ClNO4S. The van der Waals surface area contributed by atoms with Crippen molar-refractivity contribution in [3.63, 3.8) is 0 Å². The molecule has 7 heteroatoms.